The lowest BCUT2D eigenvalue weighted by atomic mass is 9.89. The number of methoxy groups -OCH3 is 1. The number of ether oxygens (including phenoxy) is 2. The number of fused-ring (bicyclic) bond motifs is 1. The van der Waals surface area contributed by atoms with Crippen LogP contribution < -0.4 is 9.64 Å². The van der Waals surface area contributed by atoms with E-state index in [4.69, 9.17) is 9.47 Å². The summed E-state index contributed by atoms with van der Waals surface area (Å²) >= 11 is 0. The molecule has 0 unspecified atom stereocenters. The fourth-order valence-corrected chi connectivity index (χ4v) is 4.98. The lowest BCUT2D eigenvalue weighted by Gasteiger charge is -2.20. The van der Waals surface area contributed by atoms with Gasteiger partial charge in [-0.15, -0.1) is 0 Å². The van der Waals surface area contributed by atoms with E-state index in [0.717, 1.165) is 6.04 Å². The van der Waals surface area contributed by atoms with Gasteiger partial charge in [0.05, 0.1) is 28.9 Å². The maximum atomic E-state index is 14.0. The number of anilines is 1. The molecule has 1 amide bonds. The molecule has 0 aliphatic carbocycles. The van der Waals surface area contributed by atoms with Crippen LogP contribution in [0.3, 0.4) is 0 Å². The van der Waals surface area contributed by atoms with Crippen LogP contribution in [0.25, 0.3) is 11.1 Å². The molecular formula is C28H30N2O5Si. The highest BCUT2D eigenvalue weighted by molar-refractivity contribution is 6.76. The average molecular weight is 503 g/mol. The van der Waals surface area contributed by atoms with Gasteiger partial charge in [0.25, 0.3) is 11.6 Å². The molecule has 1 heterocycles. The SMILES string of the molecule is COc1ccc2c(c1)/C(=C(/c1ccccc1)c1ccccc1[N+](=O)[O-])C(=O)N2COCC[Si](C)(C)C. The van der Waals surface area contributed by atoms with Gasteiger partial charge in [0.2, 0.25) is 0 Å². The number of nitro benzene ring substituents is 1. The predicted molar refractivity (Wildman–Crippen MR) is 145 cm³/mol. The van der Waals surface area contributed by atoms with Gasteiger partial charge in [-0.1, -0.05) is 62.1 Å². The smallest absolute Gasteiger partial charge is 0.277 e. The van der Waals surface area contributed by atoms with Crippen molar-refractivity contribution in [2.45, 2.75) is 25.7 Å². The summed E-state index contributed by atoms with van der Waals surface area (Å²) in [7, 11) is 0.279. The summed E-state index contributed by atoms with van der Waals surface area (Å²) in [4.78, 5) is 27.2. The van der Waals surface area contributed by atoms with Crippen LogP contribution in [0.5, 0.6) is 5.75 Å². The Kier molecular flexibility index (Phi) is 7.37. The minimum Gasteiger partial charge on any atom is -0.497 e. The molecule has 36 heavy (non-hydrogen) atoms. The zero-order valence-corrected chi connectivity index (χ0v) is 22.0. The zero-order valence-electron chi connectivity index (χ0n) is 21.0. The Morgan fingerprint density at radius 2 is 1.69 bits per heavy atom. The van der Waals surface area contributed by atoms with E-state index in [1.807, 2.05) is 42.5 Å². The van der Waals surface area contributed by atoms with Gasteiger partial charge >= 0.3 is 0 Å². The summed E-state index contributed by atoms with van der Waals surface area (Å²) in [5.74, 6) is 0.332. The second-order valence-electron chi connectivity index (χ2n) is 9.85. The van der Waals surface area contributed by atoms with Crippen molar-refractivity contribution in [1.82, 2.24) is 0 Å². The molecule has 4 rings (SSSR count). The fourth-order valence-electron chi connectivity index (χ4n) is 4.22. The Hall–Kier alpha value is -3.75. The third kappa shape index (κ3) is 5.24. The summed E-state index contributed by atoms with van der Waals surface area (Å²) in [6.07, 6.45) is 0. The highest BCUT2D eigenvalue weighted by atomic mass is 28.3. The quantitative estimate of drug-likeness (QED) is 0.114. The number of rotatable bonds is 9. The van der Waals surface area contributed by atoms with Crippen molar-refractivity contribution in [2.75, 3.05) is 25.3 Å². The van der Waals surface area contributed by atoms with Crippen LogP contribution in [-0.2, 0) is 9.53 Å². The molecule has 0 bridgehead atoms. The molecule has 0 saturated carbocycles. The van der Waals surface area contributed by atoms with E-state index < -0.39 is 13.0 Å². The van der Waals surface area contributed by atoms with Gasteiger partial charge in [0.1, 0.15) is 12.5 Å². The van der Waals surface area contributed by atoms with Crippen molar-refractivity contribution in [3.8, 4) is 5.75 Å². The zero-order chi connectivity index (χ0) is 25.9. The van der Waals surface area contributed by atoms with E-state index in [0.29, 0.717) is 45.9 Å². The normalized spacial score (nSPS) is 14.6. The second-order valence-corrected chi connectivity index (χ2v) is 15.5. The number of benzene rings is 3. The van der Waals surface area contributed by atoms with Crippen molar-refractivity contribution < 1.29 is 19.2 Å². The molecule has 0 spiro atoms. The van der Waals surface area contributed by atoms with Crippen molar-refractivity contribution in [1.29, 1.82) is 0 Å². The molecule has 1 aliphatic heterocycles. The van der Waals surface area contributed by atoms with E-state index in [1.54, 1.807) is 36.3 Å². The molecule has 0 N–H and O–H groups in total. The summed E-state index contributed by atoms with van der Waals surface area (Å²) in [5.41, 5.74) is 3.27. The monoisotopic (exact) mass is 502 g/mol. The molecule has 0 fully saturated rings. The number of hydrogen-bond donors (Lipinski definition) is 0. The first kappa shape index (κ1) is 25.3. The van der Waals surface area contributed by atoms with Crippen molar-refractivity contribution >= 4 is 36.5 Å². The molecule has 8 heteroatoms. The second kappa shape index (κ2) is 10.5. The molecule has 3 aromatic carbocycles. The van der Waals surface area contributed by atoms with Crippen molar-refractivity contribution in [3.63, 3.8) is 0 Å². The number of carbonyl (C=O) groups excluding carboxylic acids is 1. The number of hydrogen-bond acceptors (Lipinski definition) is 5. The van der Waals surface area contributed by atoms with Gasteiger partial charge in [-0.05, 0) is 35.9 Å². The first-order chi connectivity index (χ1) is 17.2. The van der Waals surface area contributed by atoms with Gasteiger partial charge in [-0.3, -0.25) is 19.8 Å². The molecule has 3 aromatic rings. The largest absolute Gasteiger partial charge is 0.497 e. The molecule has 0 atom stereocenters. The number of amides is 1. The summed E-state index contributed by atoms with van der Waals surface area (Å²) < 4.78 is 11.4. The van der Waals surface area contributed by atoms with Gasteiger partial charge in [-0.25, -0.2) is 0 Å². The van der Waals surface area contributed by atoms with Gasteiger partial charge in [-0.2, -0.15) is 0 Å². The Balaban J connectivity index is 1.91. The number of para-hydroxylation sites is 1. The van der Waals surface area contributed by atoms with Crippen LogP contribution in [0, 0.1) is 10.1 Å². The minimum absolute atomic E-state index is 0.0639. The molecule has 186 valence electrons. The highest BCUT2D eigenvalue weighted by Crippen LogP contribution is 2.45. The maximum Gasteiger partial charge on any atom is 0.277 e. The summed E-state index contributed by atoms with van der Waals surface area (Å²) in [6, 6.07) is 22.3. The third-order valence-corrected chi connectivity index (χ3v) is 7.83. The molecule has 0 radical (unpaired) electrons. The Bertz CT molecular complexity index is 1320. The number of carbonyl (C=O) groups is 1. The lowest BCUT2D eigenvalue weighted by molar-refractivity contribution is -0.385. The van der Waals surface area contributed by atoms with E-state index in [9.17, 15) is 14.9 Å². The molecule has 0 saturated heterocycles. The van der Waals surface area contributed by atoms with E-state index >= 15 is 0 Å². The van der Waals surface area contributed by atoms with Crippen molar-refractivity contribution in [2.24, 2.45) is 0 Å². The van der Waals surface area contributed by atoms with E-state index in [1.165, 1.54) is 6.07 Å². The summed E-state index contributed by atoms with van der Waals surface area (Å²) in [6.45, 7) is 7.50. The third-order valence-electron chi connectivity index (χ3n) is 6.12. The lowest BCUT2D eigenvalue weighted by Crippen LogP contribution is -2.31. The minimum atomic E-state index is -1.29. The highest BCUT2D eigenvalue weighted by Gasteiger charge is 2.37. The van der Waals surface area contributed by atoms with Crippen LogP contribution in [0.4, 0.5) is 11.4 Å². The first-order valence-electron chi connectivity index (χ1n) is 11.8. The van der Waals surface area contributed by atoms with E-state index in [2.05, 4.69) is 19.6 Å². The number of nitrogens with zero attached hydrogens (tertiary/aromatic N) is 2. The van der Waals surface area contributed by atoms with Crippen molar-refractivity contribution in [3.05, 3.63) is 99.6 Å². The predicted octanol–water partition coefficient (Wildman–Crippen LogP) is 6.22. The molecule has 7 nitrogen and oxygen atoms in total. The Morgan fingerprint density at radius 3 is 2.36 bits per heavy atom. The van der Waals surface area contributed by atoms with Crippen LogP contribution in [0.2, 0.25) is 25.7 Å². The molecule has 1 aliphatic rings. The van der Waals surface area contributed by atoms with Crippen LogP contribution in [-0.4, -0.2) is 39.4 Å². The maximum absolute atomic E-state index is 14.0. The molecular weight excluding hydrogens is 472 g/mol. The average Bonchev–Trinajstić information content (AvgIpc) is 3.12. The topological polar surface area (TPSA) is 81.9 Å². The van der Waals surface area contributed by atoms with Crippen LogP contribution in [0.15, 0.2) is 72.8 Å². The van der Waals surface area contributed by atoms with Crippen LogP contribution in [0.1, 0.15) is 16.7 Å². The number of nitro groups is 1. The standard InChI is InChI=1S/C28H30N2O5Si/c1-34-21-14-15-24-23(18-21)27(28(31)29(24)19-35-16-17-36(2,3)4)26(20-10-6-5-7-11-20)22-12-8-9-13-25(22)30(32)33/h5-15,18H,16-17,19H2,1-4H3/b27-26+. The van der Waals surface area contributed by atoms with Gasteiger partial charge in [0, 0.05) is 31.9 Å². The van der Waals surface area contributed by atoms with Gasteiger partial charge < -0.3 is 9.47 Å². The van der Waals surface area contributed by atoms with Gasteiger partial charge in [0.15, 0.2) is 0 Å². The van der Waals surface area contributed by atoms with E-state index in [-0.39, 0.29) is 18.3 Å². The Morgan fingerprint density at radius 1 is 1.00 bits per heavy atom. The summed E-state index contributed by atoms with van der Waals surface area (Å²) in [5, 5.41) is 12.0. The Labute approximate surface area is 212 Å². The first-order valence-corrected chi connectivity index (χ1v) is 15.5. The molecule has 0 aromatic heterocycles. The van der Waals surface area contributed by atoms with Crippen LogP contribution >= 0.6 is 0 Å². The fraction of sp³-hybridized carbons (Fsp3) is 0.250.